The fourth-order valence-corrected chi connectivity index (χ4v) is 1.20. The summed E-state index contributed by atoms with van der Waals surface area (Å²) in [6, 6.07) is -1.51. The number of aliphatic hydroxyl groups is 1. The van der Waals surface area contributed by atoms with Crippen LogP contribution in [-0.2, 0) is 15.0 Å². The highest BCUT2D eigenvalue weighted by atomic mass is 32.2. The zero-order chi connectivity index (χ0) is 10.6. The molecule has 7 nitrogen and oxygen atoms in total. The lowest BCUT2D eigenvalue weighted by Crippen LogP contribution is -2.47. The Bertz CT molecular complexity index is 273. The predicted octanol–water partition coefficient (Wildman–Crippen LogP) is -2.17. The summed E-state index contributed by atoms with van der Waals surface area (Å²) in [5, 5.41) is 16.9. The van der Waals surface area contributed by atoms with Crippen molar-refractivity contribution in [2.75, 3.05) is 20.7 Å². The number of rotatable bonds is 5. The third-order valence-corrected chi connectivity index (χ3v) is 2.80. The maximum atomic E-state index is 11.0. The number of aliphatic carboxylic acids is 1. The van der Waals surface area contributed by atoms with E-state index in [0.29, 0.717) is 0 Å². The standard InChI is InChI=1S/C5H12N2O5S/c1-7(2)13(11,12)6-4(3-8)5(9)10/h4,6,8H,3H2,1-2H3,(H,9,10)/t4-/m1/s1. The molecule has 0 heterocycles. The zero-order valence-electron chi connectivity index (χ0n) is 7.26. The Morgan fingerprint density at radius 3 is 2.23 bits per heavy atom. The molecule has 0 unspecified atom stereocenters. The van der Waals surface area contributed by atoms with E-state index in [-0.39, 0.29) is 0 Å². The Balaban J connectivity index is 4.50. The summed E-state index contributed by atoms with van der Waals surface area (Å²) in [6.07, 6.45) is 0. The van der Waals surface area contributed by atoms with Gasteiger partial charge in [-0.2, -0.15) is 17.4 Å². The number of nitrogens with zero attached hydrogens (tertiary/aromatic N) is 1. The molecule has 0 radical (unpaired) electrons. The van der Waals surface area contributed by atoms with Gasteiger partial charge in [0.2, 0.25) is 0 Å². The Labute approximate surface area is 76.2 Å². The molecule has 0 saturated heterocycles. The largest absolute Gasteiger partial charge is 0.480 e. The summed E-state index contributed by atoms with van der Waals surface area (Å²) in [5.41, 5.74) is 0. The molecule has 0 amide bonds. The van der Waals surface area contributed by atoms with Gasteiger partial charge >= 0.3 is 5.97 Å². The van der Waals surface area contributed by atoms with Gasteiger partial charge in [0.25, 0.3) is 10.2 Å². The molecule has 0 aromatic heterocycles. The van der Waals surface area contributed by atoms with Crippen LogP contribution in [0.5, 0.6) is 0 Å². The molecule has 8 heteroatoms. The first-order valence-corrected chi connectivity index (χ1v) is 4.78. The Morgan fingerprint density at radius 1 is 1.54 bits per heavy atom. The first-order valence-electron chi connectivity index (χ1n) is 3.34. The van der Waals surface area contributed by atoms with Crippen LogP contribution in [0.1, 0.15) is 0 Å². The van der Waals surface area contributed by atoms with E-state index in [1.54, 1.807) is 4.72 Å². The average molecular weight is 212 g/mol. The monoisotopic (exact) mass is 212 g/mol. The molecule has 0 aromatic carbocycles. The summed E-state index contributed by atoms with van der Waals surface area (Å²) >= 11 is 0. The van der Waals surface area contributed by atoms with Gasteiger partial charge in [-0.15, -0.1) is 0 Å². The van der Waals surface area contributed by atoms with E-state index in [1.807, 2.05) is 0 Å². The topological polar surface area (TPSA) is 107 Å². The zero-order valence-corrected chi connectivity index (χ0v) is 8.08. The molecule has 78 valence electrons. The van der Waals surface area contributed by atoms with E-state index in [0.717, 1.165) is 4.31 Å². The van der Waals surface area contributed by atoms with Gasteiger partial charge in [-0.25, -0.2) is 0 Å². The van der Waals surface area contributed by atoms with Crippen LogP contribution in [0.4, 0.5) is 0 Å². The summed E-state index contributed by atoms with van der Waals surface area (Å²) in [7, 11) is -1.31. The molecular formula is C5H12N2O5S. The molecule has 0 aliphatic carbocycles. The summed E-state index contributed by atoms with van der Waals surface area (Å²) in [5.74, 6) is -1.42. The van der Waals surface area contributed by atoms with Crippen LogP contribution in [-0.4, -0.2) is 55.6 Å². The van der Waals surface area contributed by atoms with Gasteiger partial charge in [0.15, 0.2) is 0 Å². The van der Waals surface area contributed by atoms with Crippen LogP contribution >= 0.6 is 0 Å². The van der Waals surface area contributed by atoms with Crippen LogP contribution in [0.3, 0.4) is 0 Å². The van der Waals surface area contributed by atoms with Gasteiger partial charge in [0.05, 0.1) is 6.61 Å². The van der Waals surface area contributed by atoms with E-state index < -0.39 is 28.8 Å². The van der Waals surface area contributed by atoms with Gasteiger partial charge in [-0.3, -0.25) is 4.79 Å². The van der Waals surface area contributed by atoms with Crippen molar-refractivity contribution < 1.29 is 23.4 Å². The van der Waals surface area contributed by atoms with Crippen molar-refractivity contribution in [2.24, 2.45) is 0 Å². The average Bonchev–Trinajstić information content (AvgIpc) is 1.99. The third-order valence-electron chi connectivity index (χ3n) is 1.25. The third kappa shape index (κ3) is 3.68. The second-order valence-electron chi connectivity index (χ2n) is 2.48. The highest BCUT2D eigenvalue weighted by Gasteiger charge is 2.24. The normalized spacial score (nSPS) is 14.5. The second-order valence-corrected chi connectivity index (χ2v) is 4.39. The van der Waals surface area contributed by atoms with Crippen LogP contribution in [0.25, 0.3) is 0 Å². The van der Waals surface area contributed by atoms with Crippen LogP contribution in [0.15, 0.2) is 0 Å². The lowest BCUT2D eigenvalue weighted by molar-refractivity contribution is -0.139. The first kappa shape index (κ1) is 12.3. The summed E-state index contributed by atoms with van der Waals surface area (Å²) < 4.78 is 24.7. The molecule has 0 bridgehead atoms. The fourth-order valence-electron chi connectivity index (χ4n) is 0.451. The number of aliphatic hydroxyl groups excluding tert-OH is 1. The van der Waals surface area contributed by atoms with Crippen molar-refractivity contribution in [3.8, 4) is 0 Å². The molecule has 3 N–H and O–H groups in total. The van der Waals surface area contributed by atoms with Crippen molar-refractivity contribution in [1.82, 2.24) is 9.03 Å². The second kappa shape index (κ2) is 4.51. The summed E-state index contributed by atoms with van der Waals surface area (Å²) in [4.78, 5) is 10.3. The maximum Gasteiger partial charge on any atom is 0.324 e. The Kier molecular flexibility index (Phi) is 4.27. The number of carboxylic acid groups (broad SMARTS) is 1. The minimum absolute atomic E-state index is 0.789. The highest BCUT2D eigenvalue weighted by Crippen LogP contribution is 1.92. The highest BCUT2D eigenvalue weighted by molar-refractivity contribution is 7.87. The number of nitrogens with one attached hydrogen (secondary N) is 1. The van der Waals surface area contributed by atoms with Gasteiger partial charge in [-0.1, -0.05) is 0 Å². The Morgan fingerprint density at radius 2 is 2.00 bits per heavy atom. The number of carbonyl (C=O) groups is 1. The lowest BCUT2D eigenvalue weighted by Gasteiger charge is -2.15. The van der Waals surface area contributed by atoms with Gasteiger partial charge < -0.3 is 10.2 Å². The van der Waals surface area contributed by atoms with Crippen molar-refractivity contribution in [1.29, 1.82) is 0 Å². The fraction of sp³-hybridized carbons (Fsp3) is 0.800. The van der Waals surface area contributed by atoms with E-state index in [1.165, 1.54) is 14.1 Å². The molecule has 1 atom stereocenters. The smallest absolute Gasteiger partial charge is 0.324 e. The maximum absolute atomic E-state index is 11.0. The van der Waals surface area contributed by atoms with Crippen molar-refractivity contribution >= 4 is 16.2 Å². The van der Waals surface area contributed by atoms with Crippen molar-refractivity contribution in [3.05, 3.63) is 0 Å². The molecular weight excluding hydrogens is 200 g/mol. The van der Waals surface area contributed by atoms with Crippen LogP contribution in [0, 0.1) is 0 Å². The molecule has 0 saturated carbocycles. The number of carboxylic acids is 1. The molecule has 0 rings (SSSR count). The van der Waals surface area contributed by atoms with Gasteiger partial charge in [0.1, 0.15) is 6.04 Å². The lowest BCUT2D eigenvalue weighted by atomic mass is 10.3. The van der Waals surface area contributed by atoms with E-state index in [9.17, 15) is 13.2 Å². The van der Waals surface area contributed by atoms with Gasteiger partial charge in [0, 0.05) is 14.1 Å². The van der Waals surface area contributed by atoms with E-state index >= 15 is 0 Å². The minimum atomic E-state index is -3.81. The van der Waals surface area contributed by atoms with Crippen molar-refractivity contribution in [2.45, 2.75) is 6.04 Å². The molecule has 0 aliphatic rings. The number of hydrogen-bond donors (Lipinski definition) is 3. The van der Waals surface area contributed by atoms with Crippen LogP contribution < -0.4 is 4.72 Å². The van der Waals surface area contributed by atoms with E-state index in [2.05, 4.69) is 0 Å². The predicted molar refractivity (Wildman–Crippen MR) is 44.3 cm³/mol. The molecule has 13 heavy (non-hydrogen) atoms. The number of hydrogen-bond acceptors (Lipinski definition) is 4. The molecule has 0 aliphatic heterocycles. The van der Waals surface area contributed by atoms with Crippen molar-refractivity contribution in [3.63, 3.8) is 0 Å². The summed E-state index contributed by atoms with van der Waals surface area (Å²) in [6.45, 7) is -0.789. The molecule has 0 fully saturated rings. The quantitative estimate of drug-likeness (QED) is 0.480. The van der Waals surface area contributed by atoms with Gasteiger partial charge in [-0.05, 0) is 0 Å². The first-order chi connectivity index (χ1) is 5.81. The molecule has 0 spiro atoms. The molecule has 0 aromatic rings. The SMILES string of the molecule is CN(C)S(=O)(=O)N[C@H](CO)C(=O)O. The Hall–Kier alpha value is -0.700. The van der Waals surface area contributed by atoms with E-state index in [4.69, 9.17) is 10.2 Å². The van der Waals surface area contributed by atoms with Crippen LogP contribution in [0.2, 0.25) is 0 Å². The minimum Gasteiger partial charge on any atom is -0.480 e.